The van der Waals surface area contributed by atoms with Crippen molar-refractivity contribution in [1.29, 1.82) is 0 Å². The van der Waals surface area contributed by atoms with E-state index in [4.69, 9.17) is 4.52 Å². The predicted molar refractivity (Wildman–Crippen MR) is 62.8 cm³/mol. The summed E-state index contributed by atoms with van der Waals surface area (Å²) in [6.45, 7) is 3.03. The van der Waals surface area contributed by atoms with E-state index in [9.17, 15) is 0 Å². The summed E-state index contributed by atoms with van der Waals surface area (Å²) in [5.41, 5.74) is 1.43. The van der Waals surface area contributed by atoms with Crippen molar-refractivity contribution in [1.82, 2.24) is 0 Å². The van der Waals surface area contributed by atoms with E-state index in [2.05, 4.69) is 37.3 Å². The molecule has 0 fully saturated rings. The maximum atomic E-state index is 5.39. The molecule has 0 aliphatic heterocycles. The van der Waals surface area contributed by atoms with E-state index in [0.717, 1.165) is 28.0 Å². The van der Waals surface area contributed by atoms with E-state index in [1.165, 1.54) is 18.4 Å². The zero-order valence-electron chi connectivity index (χ0n) is 8.78. The normalized spacial score (nSPS) is 11.2. The molecule has 0 aromatic heterocycles. The Morgan fingerprint density at radius 2 is 2.00 bits per heavy atom. The van der Waals surface area contributed by atoms with Gasteiger partial charge in [-0.3, -0.25) is 0 Å². The van der Waals surface area contributed by atoms with Crippen LogP contribution in [0.15, 0.2) is 30.3 Å². The second-order valence-corrected chi connectivity index (χ2v) is 4.24. The minimum absolute atomic E-state index is 0.896. The first-order chi connectivity index (χ1) is 6.93. The number of hydrogen-bond donors (Lipinski definition) is 0. The van der Waals surface area contributed by atoms with Crippen LogP contribution < -0.4 is 0 Å². The van der Waals surface area contributed by atoms with Gasteiger partial charge in [0.05, 0.1) is 15.4 Å². The van der Waals surface area contributed by atoms with Crippen molar-refractivity contribution in [2.75, 3.05) is 12.8 Å². The molecular weight excluding hydrogens is 191 g/mol. The minimum Gasteiger partial charge on any atom is -0.352 e. The summed E-state index contributed by atoms with van der Waals surface area (Å²) >= 11 is 0. The van der Waals surface area contributed by atoms with Gasteiger partial charge in [-0.05, 0) is 31.0 Å². The van der Waals surface area contributed by atoms with Gasteiger partial charge in [-0.1, -0.05) is 37.3 Å². The van der Waals surface area contributed by atoms with Gasteiger partial charge in [0, 0.05) is 0 Å². The third kappa shape index (κ3) is 5.36. The van der Waals surface area contributed by atoms with Gasteiger partial charge in [-0.2, -0.15) is 0 Å². The summed E-state index contributed by atoms with van der Waals surface area (Å²) in [6.07, 6.45) is 4.65. The lowest BCUT2D eigenvalue weighted by molar-refractivity contribution is 0.361. The van der Waals surface area contributed by atoms with Crippen molar-refractivity contribution in [3.05, 3.63) is 35.9 Å². The first-order valence-corrected chi connectivity index (χ1v) is 6.26. The lowest BCUT2D eigenvalue weighted by Crippen LogP contribution is -1.88. The molecule has 0 saturated heterocycles. The van der Waals surface area contributed by atoms with Crippen LogP contribution in [0.4, 0.5) is 0 Å². The molecule has 0 N–H and O–H groups in total. The Kier molecular flexibility index (Phi) is 6.65. The summed E-state index contributed by atoms with van der Waals surface area (Å²) in [6, 6.07) is 10.6. The Labute approximate surface area is 88.7 Å². The van der Waals surface area contributed by atoms with Gasteiger partial charge in [0.15, 0.2) is 0 Å². The summed E-state index contributed by atoms with van der Waals surface area (Å²) in [7, 11) is 1.14. The third-order valence-electron chi connectivity index (χ3n) is 1.94. The fourth-order valence-electron chi connectivity index (χ4n) is 1.21. The molecule has 0 heterocycles. The monoisotopic (exact) mass is 209 g/mol. The Bertz CT molecular complexity index is 223. The van der Waals surface area contributed by atoms with Crippen LogP contribution in [-0.2, 0) is 10.9 Å². The highest BCUT2D eigenvalue weighted by atomic mass is 31.1. The van der Waals surface area contributed by atoms with Crippen molar-refractivity contribution in [2.45, 2.75) is 26.2 Å². The third-order valence-corrected chi connectivity index (χ3v) is 2.81. The van der Waals surface area contributed by atoms with E-state index < -0.39 is 0 Å². The first-order valence-electron chi connectivity index (χ1n) is 5.26. The molecule has 0 amide bonds. The summed E-state index contributed by atoms with van der Waals surface area (Å²) in [4.78, 5) is 0. The van der Waals surface area contributed by atoms with Gasteiger partial charge in [-0.25, -0.2) is 0 Å². The molecule has 14 heavy (non-hydrogen) atoms. The van der Waals surface area contributed by atoms with Crippen LogP contribution in [-0.4, -0.2) is 12.8 Å². The van der Waals surface area contributed by atoms with Crippen LogP contribution in [0, 0.1) is 0 Å². The van der Waals surface area contributed by atoms with E-state index >= 15 is 0 Å². The van der Waals surface area contributed by atoms with E-state index in [1.54, 1.807) is 0 Å². The summed E-state index contributed by atoms with van der Waals surface area (Å²) in [5, 5.41) is 0. The average Bonchev–Trinajstić information content (AvgIpc) is 2.25. The minimum atomic E-state index is 0.896. The van der Waals surface area contributed by atoms with Gasteiger partial charge in [0.1, 0.15) is 0 Å². The first kappa shape index (κ1) is 11.7. The van der Waals surface area contributed by atoms with Crippen LogP contribution in [0.25, 0.3) is 0 Å². The quantitative estimate of drug-likeness (QED) is 0.488. The molecular formula is C12H18OP. The Balaban J connectivity index is 1.99. The molecule has 1 rings (SSSR count). The zero-order valence-corrected chi connectivity index (χ0v) is 9.67. The molecule has 1 aromatic rings. The Morgan fingerprint density at radius 3 is 2.71 bits per heavy atom. The summed E-state index contributed by atoms with van der Waals surface area (Å²) < 4.78 is 5.39. The van der Waals surface area contributed by atoms with Crippen LogP contribution in [0.2, 0.25) is 0 Å². The van der Waals surface area contributed by atoms with Crippen molar-refractivity contribution in [3.8, 4) is 0 Å². The second kappa shape index (κ2) is 7.96. The topological polar surface area (TPSA) is 9.23 Å². The van der Waals surface area contributed by atoms with Gasteiger partial charge >= 0.3 is 0 Å². The van der Waals surface area contributed by atoms with Crippen molar-refractivity contribution in [2.24, 2.45) is 0 Å². The molecule has 0 saturated carbocycles. The fraction of sp³-hybridized carbons (Fsp3) is 0.500. The van der Waals surface area contributed by atoms with Crippen molar-refractivity contribution in [3.63, 3.8) is 0 Å². The Hall–Kier alpha value is -0.390. The van der Waals surface area contributed by atoms with Gasteiger partial charge in [0.25, 0.3) is 0 Å². The molecule has 1 radical (unpaired) electrons. The fourth-order valence-corrected chi connectivity index (χ4v) is 1.94. The van der Waals surface area contributed by atoms with Crippen LogP contribution in [0.5, 0.6) is 0 Å². The zero-order chi connectivity index (χ0) is 10.1. The molecule has 0 atom stereocenters. The second-order valence-electron chi connectivity index (χ2n) is 3.28. The van der Waals surface area contributed by atoms with Gasteiger partial charge in [-0.15, -0.1) is 0 Å². The van der Waals surface area contributed by atoms with Crippen LogP contribution in [0.3, 0.4) is 0 Å². The van der Waals surface area contributed by atoms with E-state index in [1.807, 2.05) is 0 Å². The van der Waals surface area contributed by atoms with Crippen LogP contribution >= 0.6 is 8.81 Å². The Morgan fingerprint density at radius 1 is 1.21 bits per heavy atom. The maximum Gasteiger partial charge on any atom is 0.0813 e. The maximum absolute atomic E-state index is 5.39. The SMILES string of the molecule is CCCO[P]CCCc1ccccc1. The highest BCUT2D eigenvalue weighted by molar-refractivity contribution is 7.32. The highest BCUT2D eigenvalue weighted by Crippen LogP contribution is 2.15. The average molecular weight is 209 g/mol. The molecule has 77 valence electrons. The molecule has 0 bridgehead atoms. The van der Waals surface area contributed by atoms with Crippen LogP contribution in [0.1, 0.15) is 25.3 Å². The van der Waals surface area contributed by atoms with Crippen molar-refractivity contribution >= 4 is 8.81 Å². The lowest BCUT2D eigenvalue weighted by atomic mass is 10.1. The van der Waals surface area contributed by atoms with E-state index in [0.29, 0.717) is 0 Å². The smallest absolute Gasteiger partial charge is 0.0813 e. The number of rotatable bonds is 7. The molecule has 0 unspecified atom stereocenters. The highest BCUT2D eigenvalue weighted by Gasteiger charge is 1.93. The number of aryl methyl sites for hydroxylation is 1. The summed E-state index contributed by atoms with van der Waals surface area (Å²) in [5.74, 6) is 0. The predicted octanol–water partition coefficient (Wildman–Crippen LogP) is 3.91. The molecule has 0 spiro atoms. The van der Waals surface area contributed by atoms with Gasteiger partial charge < -0.3 is 4.52 Å². The lowest BCUT2D eigenvalue weighted by Gasteiger charge is -2.01. The molecule has 0 aliphatic rings. The number of benzene rings is 1. The largest absolute Gasteiger partial charge is 0.352 e. The molecule has 0 aliphatic carbocycles. The van der Waals surface area contributed by atoms with E-state index in [-0.39, 0.29) is 0 Å². The van der Waals surface area contributed by atoms with Crippen molar-refractivity contribution < 1.29 is 4.52 Å². The molecule has 1 nitrogen and oxygen atoms in total. The number of hydrogen-bond acceptors (Lipinski definition) is 1. The standard InChI is InChI=1S/C12H18OP/c1-2-10-13-14-11-6-9-12-7-4-3-5-8-12/h3-5,7-8H,2,6,9-11H2,1H3. The molecule has 2 heteroatoms. The molecule has 1 aromatic carbocycles. The van der Waals surface area contributed by atoms with Gasteiger partial charge in [0.2, 0.25) is 0 Å².